The fourth-order valence-corrected chi connectivity index (χ4v) is 4.20. The molecule has 4 rings (SSSR count). The first kappa shape index (κ1) is 19.9. The Morgan fingerprint density at radius 1 is 1.17 bits per heavy atom. The van der Waals surface area contributed by atoms with E-state index in [2.05, 4.69) is 24.8 Å². The van der Waals surface area contributed by atoms with Gasteiger partial charge >= 0.3 is 0 Å². The van der Waals surface area contributed by atoms with E-state index in [0.29, 0.717) is 19.3 Å². The van der Waals surface area contributed by atoms with Gasteiger partial charge in [0.15, 0.2) is 0 Å². The molecule has 154 valence electrons. The van der Waals surface area contributed by atoms with Crippen LogP contribution in [0.4, 0.5) is 0 Å². The van der Waals surface area contributed by atoms with Gasteiger partial charge in [-0.3, -0.25) is 4.90 Å². The van der Waals surface area contributed by atoms with E-state index in [1.165, 1.54) is 0 Å². The number of aldehydes is 1. The molecule has 2 atom stereocenters. The lowest BCUT2D eigenvalue weighted by Crippen LogP contribution is -2.44. The van der Waals surface area contributed by atoms with Crippen LogP contribution in [0.25, 0.3) is 11.1 Å². The standard InChI is InChI=1S/C24H29NO4/c1-3-11-28-18-7-8-20-21(14-18)22(15-26)19-5-4-6-23(24(19)20)29-16-17(2)25-9-12-27-13-10-25/h4-8,14-15,17,22H,3,9-13,16H2,1-2H3. The fraction of sp³-hybridized carbons (Fsp3) is 0.458. The maximum atomic E-state index is 11.9. The Balaban J connectivity index is 1.58. The molecule has 29 heavy (non-hydrogen) atoms. The van der Waals surface area contributed by atoms with Crippen molar-refractivity contribution < 1.29 is 19.0 Å². The molecule has 5 heteroatoms. The number of carbonyl (C=O) groups is 1. The summed E-state index contributed by atoms with van der Waals surface area (Å²) in [6.07, 6.45) is 1.97. The number of hydrogen-bond donors (Lipinski definition) is 0. The van der Waals surface area contributed by atoms with E-state index in [1.54, 1.807) is 0 Å². The van der Waals surface area contributed by atoms with Crippen LogP contribution in [0, 0.1) is 0 Å². The van der Waals surface area contributed by atoms with Crippen LogP contribution in [0.1, 0.15) is 37.3 Å². The van der Waals surface area contributed by atoms with Crippen molar-refractivity contribution in [2.75, 3.05) is 39.5 Å². The highest BCUT2D eigenvalue weighted by Gasteiger charge is 2.31. The molecule has 2 unspecified atom stereocenters. The second kappa shape index (κ2) is 8.97. The second-order valence-corrected chi connectivity index (χ2v) is 7.74. The molecule has 1 aliphatic heterocycles. The zero-order chi connectivity index (χ0) is 20.2. The van der Waals surface area contributed by atoms with E-state index >= 15 is 0 Å². The van der Waals surface area contributed by atoms with Gasteiger partial charge in [0, 0.05) is 24.7 Å². The van der Waals surface area contributed by atoms with E-state index in [-0.39, 0.29) is 5.92 Å². The number of rotatable bonds is 8. The average Bonchev–Trinajstić information content (AvgIpc) is 3.09. The van der Waals surface area contributed by atoms with Crippen molar-refractivity contribution in [2.24, 2.45) is 0 Å². The third-order valence-corrected chi connectivity index (χ3v) is 5.78. The van der Waals surface area contributed by atoms with Gasteiger partial charge in [-0.2, -0.15) is 0 Å². The summed E-state index contributed by atoms with van der Waals surface area (Å²) in [6.45, 7) is 8.99. The molecular formula is C24H29NO4. The maximum Gasteiger partial charge on any atom is 0.131 e. The number of hydrogen-bond acceptors (Lipinski definition) is 5. The van der Waals surface area contributed by atoms with Crippen LogP contribution in [0.15, 0.2) is 36.4 Å². The van der Waals surface area contributed by atoms with Gasteiger partial charge in [0.2, 0.25) is 0 Å². The first-order chi connectivity index (χ1) is 14.2. The molecule has 0 spiro atoms. The lowest BCUT2D eigenvalue weighted by molar-refractivity contribution is -0.108. The summed E-state index contributed by atoms with van der Waals surface area (Å²) >= 11 is 0. The Morgan fingerprint density at radius 2 is 2.00 bits per heavy atom. The SMILES string of the molecule is CCCOc1ccc2c(c1)C(C=O)c1cccc(OCC(C)N3CCOCC3)c1-2. The average molecular weight is 395 g/mol. The van der Waals surface area contributed by atoms with Crippen molar-refractivity contribution in [1.82, 2.24) is 4.90 Å². The van der Waals surface area contributed by atoms with Gasteiger partial charge in [0.1, 0.15) is 24.4 Å². The number of nitrogens with zero attached hydrogens (tertiary/aromatic N) is 1. The Kier molecular flexibility index (Phi) is 6.16. The third kappa shape index (κ3) is 4.02. The van der Waals surface area contributed by atoms with Gasteiger partial charge in [-0.25, -0.2) is 0 Å². The minimum absolute atomic E-state index is 0.273. The summed E-state index contributed by atoms with van der Waals surface area (Å²) in [4.78, 5) is 14.3. The summed E-state index contributed by atoms with van der Waals surface area (Å²) in [5, 5.41) is 0. The largest absolute Gasteiger partial charge is 0.494 e. The predicted octanol–water partition coefficient (Wildman–Crippen LogP) is 3.89. The van der Waals surface area contributed by atoms with Gasteiger partial charge in [0.25, 0.3) is 0 Å². The molecule has 0 N–H and O–H groups in total. The number of ether oxygens (including phenoxy) is 3. The number of carbonyl (C=O) groups excluding carboxylic acids is 1. The smallest absolute Gasteiger partial charge is 0.131 e. The summed E-state index contributed by atoms with van der Waals surface area (Å²) in [5.74, 6) is 1.38. The molecule has 5 nitrogen and oxygen atoms in total. The van der Waals surface area contributed by atoms with Crippen molar-refractivity contribution >= 4 is 6.29 Å². The van der Waals surface area contributed by atoms with Crippen molar-refractivity contribution in [3.8, 4) is 22.6 Å². The Bertz CT molecular complexity index is 860. The zero-order valence-electron chi connectivity index (χ0n) is 17.2. The Hall–Kier alpha value is -2.37. The van der Waals surface area contributed by atoms with E-state index in [1.807, 2.05) is 30.3 Å². The number of morpholine rings is 1. The number of fused-ring (bicyclic) bond motifs is 3. The molecule has 0 radical (unpaired) electrons. The lowest BCUT2D eigenvalue weighted by atomic mass is 9.98. The molecule has 2 aromatic carbocycles. The quantitative estimate of drug-likeness (QED) is 0.635. The molecule has 1 saturated heterocycles. The predicted molar refractivity (Wildman–Crippen MR) is 113 cm³/mol. The lowest BCUT2D eigenvalue weighted by Gasteiger charge is -2.32. The fourth-order valence-electron chi connectivity index (χ4n) is 4.20. The normalized spacial score (nSPS) is 19.3. The third-order valence-electron chi connectivity index (χ3n) is 5.78. The maximum absolute atomic E-state index is 11.9. The van der Waals surface area contributed by atoms with Crippen LogP contribution < -0.4 is 9.47 Å². The summed E-state index contributed by atoms with van der Waals surface area (Å²) in [6, 6.07) is 12.4. The highest BCUT2D eigenvalue weighted by Crippen LogP contribution is 2.49. The van der Waals surface area contributed by atoms with Gasteiger partial charge in [0.05, 0.1) is 25.7 Å². The minimum Gasteiger partial charge on any atom is -0.494 e. The summed E-state index contributed by atoms with van der Waals surface area (Å²) in [7, 11) is 0. The van der Waals surface area contributed by atoms with Crippen LogP contribution in [0.2, 0.25) is 0 Å². The molecule has 1 fully saturated rings. The molecule has 1 heterocycles. The van der Waals surface area contributed by atoms with E-state index in [9.17, 15) is 4.79 Å². The number of benzene rings is 2. The molecule has 1 aliphatic carbocycles. The Morgan fingerprint density at radius 3 is 2.76 bits per heavy atom. The van der Waals surface area contributed by atoms with E-state index < -0.39 is 0 Å². The molecule has 2 aliphatic rings. The highest BCUT2D eigenvalue weighted by molar-refractivity contribution is 5.91. The monoisotopic (exact) mass is 395 g/mol. The van der Waals surface area contributed by atoms with Gasteiger partial charge < -0.3 is 19.0 Å². The first-order valence-electron chi connectivity index (χ1n) is 10.5. The minimum atomic E-state index is -0.273. The van der Waals surface area contributed by atoms with Crippen molar-refractivity contribution in [2.45, 2.75) is 32.2 Å². The Labute approximate surface area is 172 Å². The van der Waals surface area contributed by atoms with E-state index in [4.69, 9.17) is 14.2 Å². The summed E-state index contributed by atoms with van der Waals surface area (Å²) in [5.41, 5.74) is 4.12. The van der Waals surface area contributed by atoms with Crippen LogP contribution in [0.3, 0.4) is 0 Å². The molecule has 0 saturated carbocycles. The van der Waals surface area contributed by atoms with Gasteiger partial charge in [-0.15, -0.1) is 0 Å². The summed E-state index contributed by atoms with van der Waals surface area (Å²) < 4.78 is 17.5. The molecule has 0 amide bonds. The zero-order valence-corrected chi connectivity index (χ0v) is 17.2. The van der Waals surface area contributed by atoms with Crippen molar-refractivity contribution in [3.05, 3.63) is 47.5 Å². The highest BCUT2D eigenvalue weighted by atomic mass is 16.5. The van der Waals surface area contributed by atoms with Gasteiger partial charge in [-0.05, 0) is 48.2 Å². The topological polar surface area (TPSA) is 48.0 Å². The van der Waals surface area contributed by atoms with Crippen LogP contribution >= 0.6 is 0 Å². The van der Waals surface area contributed by atoms with Crippen molar-refractivity contribution in [3.63, 3.8) is 0 Å². The first-order valence-corrected chi connectivity index (χ1v) is 10.5. The van der Waals surface area contributed by atoms with Crippen molar-refractivity contribution in [1.29, 1.82) is 0 Å². The molecular weight excluding hydrogens is 366 g/mol. The molecule has 0 aromatic heterocycles. The molecule has 0 bridgehead atoms. The van der Waals surface area contributed by atoms with E-state index in [0.717, 1.165) is 72.8 Å². The molecule has 2 aromatic rings. The second-order valence-electron chi connectivity index (χ2n) is 7.74. The van der Waals surface area contributed by atoms with Crippen LogP contribution in [-0.2, 0) is 9.53 Å². The van der Waals surface area contributed by atoms with Gasteiger partial charge in [-0.1, -0.05) is 25.1 Å². The van der Waals surface area contributed by atoms with Crippen LogP contribution in [0.5, 0.6) is 11.5 Å². The van der Waals surface area contributed by atoms with Crippen LogP contribution in [-0.4, -0.2) is 56.7 Å².